The molecule has 2 nitrogen and oxygen atoms in total. The first-order valence-corrected chi connectivity index (χ1v) is 5.41. The van der Waals surface area contributed by atoms with Crippen LogP contribution >= 0.6 is 24.0 Å². The van der Waals surface area contributed by atoms with Gasteiger partial charge >= 0.3 is 0 Å². The summed E-state index contributed by atoms with van der Waals surface area (Å²) in [7, 11) is 0. The van der Waals surface area contributed by atoms with Crippen LogP contribution in [0.4, 0.5) is 0 Å². The quantitative estimate of drug-likeness (QED) is 0.793. The van der Waals surface area contributed by atoms with Crippen molar-refractivity contribution >= 4 is 24.0 Å². The third-order valence-corrected chi connectivity index (χ3v) is 2.62. The van der Waals surface area contributed by atoms with Crippen molar-refractivity contribution < 1.29 is 4.84 Å². The van der Waals surface area contributed by atoms with E-state index >= 15 is 0 Å². The Morgan fingerprint density at radius 2 is 1.60 bits per heavy atom. The number of benzene rings is 1. The average molecular weight is 248 g/mol. The Morgan fingerprint density at radius 1 is 1.00 bits per heavy atom. The molecule has 0 unspecified atom stereocenters. The number of rotatable bonds is 2. The number of hydrogen-bond acceptors (Lipinski definition) is 2. The molecule has 1 aliphatic heterocycles. The van der Waals surface area contributed by atoms with Crippen LogP contribution in [0.15, 0.2) is 24.3 Å². The second-order valence-electron chi connectivity index (χ2n) is 3.53. The second kappa shape index (κ2) is 6.21. The van der Waals surface area contributed by atoms with Gasteiger partial charge in [-0.1, -0.05) is 18.0 Å². The lowest BCUT2D eigenvalue weighted by Gasteiger charge is -2.25. The lowest BCUT2D eigenvalue weighted by molar-refractivity contribution is -0.0719. The standard InChI is InChI=1S/C11H14ClNO.ClH/c12-10-4-6-11(7-5-10)14-13-8-2-1-3-9-13;/h4-7H,1-3,8-9H2;1H. The number of nitrogens with zero attached hydrogens (tertiary/aromatic N) is 1. The Labute approximate surface area is 102 Å². The molecule has 1 saturated heterocycles. The summed E-state index contributed by atoms with van der Waals surface area (Å²) in [6.07, 6.45) is 3.78. The van der Waals surface area contributed by atoms with Gasteiger partial charge in [0.1, 0.15) is 5.75 Å². The molecule has 0 saturated carbocycles. The number of hydrogen-bond donors (Lipinski definition) is 0. The van der Waals surface area contributed by atoms with Gasteiger partial charge in [-0.05, 0) is 37.1 Å². The van der Waals surface area contributed by atoms with E-state index in [0.717, 1.165) is 23.9 Å². The van der Waals surface area contributed by atoms with Crippen molar-refractivity contribution in [1.82, 2.24) is 5.06 Å². The molecule has 0 atom stereocenters. The zero-order valence-electron chi connectivity index (χ0n) is 8.49. The molecule has 0 radical (unpaired) electrons. The van der Waals surface area contributed by atoms with Gasteiger partial charge in [0, 0.05) is 18.1 Å². The molecular formula is C11H15Cl2NO. The minimum absolute atomic E-state index is 0. The number of halogens is 2. The van der Waals surface area contributed by atoms with Crippen LogP contribution in [0, 0.1) is 0 Å². The van der Waals surface area contributed by atoms with Crippen LogP contribution in [0.5, 0.6) is 5.75 Å². The maximum absolute atomic E-state index is 5.79. The van der Waals surface area contributed by atoms with Gasteiger partial charge in [-0.15, -0.1) is 17.5 Å². The zero-order chi connectivity index (χ0) is 9.80. The first-order chi connectivity index (χ1) is 6.84. The summed E-state index contributed by atoms with van der Waals surface area (Å²) < 4.78 is 0. The van der Waals surface area contributed by atoms with E-state index in [1.54, 1.807) is 0 Å². The molecule has 4 heteroatoms. The van der Waals surface area contributed by atoms with Crippen LogP contribution in [-0.4, -0.2) is 18.2 Å². The van der Waals surface area contributed by atoms with Crippen LogP contribution in [-0.2, 0) is 0 Å². The van der Waals surface area contributed by atoms with Crippen LogP contribution in [0.1, 0.15) is 19.3 Å². The molecule has 0 spiro atoms. The van der Waals surface area contributed by atoms with Crippen LogP contribution in [0.25, 0.3) is 0 Å². The topological polar surface area (TPSA) is 12.5 Å². The van der Waals surface area contributed by atoms with Gasteiger partial charge in [0.05, 0.1) is 0 Å². The van der Waals surface area contributed by atoms with E-state index in [0.29, 0.717) is 0 Å². The molecule has 1 aromatic carbocycles. The molecule has 84 valence electrons. The summed E-state index contributed by atoms with van der Waals surface area (Å²) in [6.45, 7) is 2.06. The fourth-order valence-electron chi connectivity index (χ4n) is 1.60. The highest BCUT2D eigenvalue weighted by atomic mass is 35.5. The number of hydroxylamine groups is 2. The third-order valence-electron chi connectivity index (χ3n) is 2.36. The lowest BCUT2D eigenvalue weighted by Crippen LogP contribution is -2.32. The highest BCUT2D eigenvalue weighted by Crippen LogP contribution is 2.18. The van der Waals surface area contributed by atoms with Gasteiger partial charge in [-0.25, -0.2) is 0 Å². The van der Waals surface area contributed by atoms with Crippen molar-refractivity contribution in [2.24, 2.45) is 0 Å². The summed E-state index contributed by atoms with van der Waals surface area (Å²) in [5, 5.41) is 2.77. The van der Waals surface area contributed by atoms with Crippen LogP contribution in [0.3, 0.4) is 0 Å². The maximum Gasteiger partial charge on any atom is 0.147 e. The van der Waals surface area contributed by atoms with Crippen molar-refractivity contribution in [2.75, 3.05) is 13.1 Å². The normalized spacial score (nSPS) is 16.9. The van der Waals surface area contributed by atoms with Gasteiger partial charge < -0.3 is 4.84 Å². The average Bonchev–Trinajstić information content (AvgIpc) is 2.23. The summed E-state index contributed by atoms with van der Waals surface area (Å²) in [6, 6.07) is 7.50. The molecule has 1 aliphatic rings. The van der Waals surface area contributed by atoms with E-state index in [9.17, 15) is 0 Å². The monoisotopic (exact) mass is 247 g/mol. The van der Waals surface area contributed by atoms with Gasteiger partial charge in [-0.2, -0.15) is 0 Å². The zero-order valence-corrected chi connectivity index (χ0v) is 10.1. The molecule has 0 amide bonds. The van der Waals surface area contributed by atoms with Gasteiger partial charge in [0.2, 0.25) is 0 Å². The van der Waals surface area contributed by atoms with Gasteiger partial charge in [0.15, 0.2) is 0 Å². The summed E-state index contributed by atoms with van der Waals surface area (Å²) in [4.78, 5) is 5.68. The van der Waals surface area contributed by atoms with Gasteiger partial charge in [0.25, 0.3) is 0 Å². The van der Waals surface area contributed by atoms with E-state index in [4.69, 9.17) is 16.4 Å². The largest absolute Gasteiger partial charge is 0.406 e. The minimum atomic E-state index is 0. The predicted octanol–water partition coefficient (Wildman–Crippen LogP) is 3.54. The highest BCUT2D eigenvalue weighted by molar-refractivity contribution is 6.30. The van der Waals surface area contributed by atoms with E-state index < -0.39 is 0 Å². The van der Waals surface area contributed by atoms with Crippen molar-refractivity contribution in [3.05, 3.63) is 29.3 Å². The fourth-order valence-corrected chi connectivity index (χ4v) is 1.73. The van der Waals surface area contributed by atoms with E-state index in [1.165, 1.54) is 19.3 Å². The van der Waals surface area contributed by atoms with Crippen LogP contribution < -0.4 is 4.84 Å². The molecule has 2 rings (SSSR count). The molecule has 0 bridgehead atoms. The molecule has 15 heavy (non-hydrogen) atoms. The Balaban J connectivity index is 0.00000112. The molecule has 1 fully saturated rings. The Morgan fingerprint density at radius 3 is 2.20 bits per heavy atom. The second-order valence-corrected chi connectivity index (χ2v) is 3.97. The van der Waals surface area contributed by atoms with Crippen molar-refractivity contribution in [1.29, 1.82) is 0 Å². The lowest BCUT2D eigenvalue weighted by atomic mass is 10.2. The van der Waals surface area contributed by atoms with E-state index in [1.807, 2.05) is 29.3 Å². The van der Waals surface area contributed by atoms with E-state index in [-0.39, 0.29) is 12.4 Å². The maximum atomic E-state index is 5.79. The van der Waals surface area contributed by atoms with Crippen molar-refractivity contribution in [2.45, 2.75) is 19.3 Å². The Bertz CT molecular complexity index is 283. The summed E-state index contributed by atoms with van der Waals surface area (Å²) in [5.41, 5.74) is 0. The van der Waals surface area contributed by atoms with Crippen LogP contribution in [0.2, 0.25) is 5.02 Å². The first kappa shape index (κ1) is 12.6. The highest BCUT2D eigenvalue weighted by Gasteiger charge is 2.11. The van der Waals surface area contributed by atoms with Crippen molar-refractivity contribution in [3.8, 4) is 5.75 Å². The SMILES string of the molecule is Cl.Clc1ccc(ON2CCCCC2)cc1. The van der Waals surface area contributed by atoms with Crippen molar-refractivity contribution in [3.63, 3.8) is 0 Å². The predicted molar refractivity (Wildman–Crippen MR) is 64.8 cm³/mol. The molecule has 1 aromatic rings. The number of piperidine rings is 1. The minimum Gasteiger partial charge on any atom is -0.406 e. The molecule has 0 aromatic heterocycles. The fraction of sp³-hybridized carbons (Fsp3) is 0.455. The summed E-state index contributed by atoms with van der Waals surface area (Å²) >= 11 is 5.79. The van der Waals surface area contributed by atoms with Gasteiger partial charge in [-0.3, -0.25) is 0 Å². The molecule has 0 aliphatic carbocycles. The smallest absolute Gasteiger partial charge is 0.147 e. The molecular weight excluding hydrogens is 233 g/mol. The Hall–Kier alpha value is -0.440. The molecule has 0 N–H and O–H groups in total. The summed E-state index contributed by atoms with van der Waals surface area (Å²) in [5.74, 6) is 0.872. The Kier molecular flexibility index (Phi) is 5.23. The molecule has 1 heterocycles. The first-order valence-electron chi connectivity index (χ1n) is 5.03. The third kappa shape index (κ3) is 3.90. The van der Waals surface area contributed by atoms with E-state index in [2.05, 4.69) is 0 Å².